The Bertz CT molecular complexity index is 704. The molecule has 0 heterocycles. The third-order valence-electron chi connectivity index (χ3n) is 3.12. The highest BCUT2D eigenvalue weighted by molar-refractivity contribution is 6.32. The second kappa shape index (κ2) is 8.09. The van der Waals surface area contributed by atoms with E-state index in [0.717, 1.165) is 5.56 Å². The number of benzene rings is 2. The van der Waals surface area contributed by atoms with Gasteiger partial charge in [0.1, 0.15) is 0 Å². The van der Waals surface area contributed by atoms with Gasteiger partial charge in [-0.25, -0.2) is 0 Å². The van der Waals surface area contributed by atoms with Gasteiger partial charge < -0.3 is 14.8 Å². The Morgan fingerprint density at radius 3 is 2.65 bits per heavy atom. The van der Waals surface area contributed by atoms with Crippen LogP contribution in [0.5, 0.6) is 11.5 Å². The van der Waals surface area contributed by atoms with Gasteiger partial charge in [0, 0.05) is 17.1 Å². The number of hydrogen-bond acceptors (Lipinski definition) is 3. The fourth-order valence-electron chi connectivity index (χ4n) is 2.07. The zero-order valence-corrected chi connectivity index (χ0v) is 14.4. The number of methoxy groups -OCH3 is 1. The number of carbonyl (C=O) groups is 1. The first-order valence-electron chi connectivity index (χ1n) is 7.08. The Hall–Kier alpha value is -1.91. The maximum absolute atomic E-state index is 12.3. The molecular weight excluding hydrogens is 337 g/mol. The van der Waals surface area contributed by atoms with E-state index in [9.17, 15) is 4.79 Å². The van der Waals surface area contributed by atoms with Crippen LogP contribution in [0.3, 0.4) is 0 Å². The summed E-state index contributed by atoms with van der Waals surface area (Å²) in [5.41, 5.74) is 1.31. The number of amides is 1. The highest BCUT2D eigenvalue weighted by Crippen LogP contribution is 2.36. The van der Waals surface area contributed by atoms with E-state index in [2.05, 4.69) is 5.32 Å². The summed E-state index contributed by atoms with van der Waals surface area (Å²) >= 11 is 12.1. The zero-order valence-electron chi connectivity index (χ0n) is 12.9. The van der Waals surface area contributed by atoms with E-state index < -0.39 is 0 Å². The maximum atomic E-state index is 12.3. The van der Waals surface area contributed by atoms with E-state index in [-0.39, 0.29) is 5.91 Å². The van der Waals surface area contributed by atoms with E-state index in [4.69, 9.17) is 32.7 Å². The first-order valence-corrected chi connectivity index (χ1v) is 7.83. The van der Waals surface area contributed by atoms with Crippen molar-refractivity contribution in [3.8, 4) is 11.5 Å². The number of hydrogen-bond donors (Lipinski definition) is 1. The van der Waals surface area contributed by atoms with Crippen molar-refractivity contribution in [1.29, 1.82) is 0 Å². The fraction of sp³-hybridized carbons (Fsp3) is 0.235. The van der Waals surface area contributed by atoms with Crippen molar-refractivity contribution < 1.29 is 14.3 Å². The van der Waals surface area contributed by atoms with Crippen LogP contribution in [0, 0.1) is 0 Å². The third-order valence-corrected chi connectivity index (χ3v) is 3.64. The van der Waals surface area contributed by atoms with Crippen LogP contribution < -0.4 is 14.8 Å². The molecule has 0 saturated carbocycles. The lowest BCUT2D eigenvalue weighted by atomic mass is 10.1. The van der Waals surface area contributed by atoms with Gasteiger partial charge in [0.05, 0.1) is 18.7 Å². The van der Waals surface area contributed by atoms with E-state index in [1.54, 1.807) is 24.3 Å². The van der Waals surface area contributed by atoms with Crippen LogP contribution in [0.4, 0.5) is 0 Å². The summed E-state index contributed by atoms with van der Waals surface area (Å²) in [6.07, 6.45) is 0. The summed E-state index contributed by atoms with van der Waals surface area (Å²) < 4.78 is 10.7. The molecule has 0 aliphatic carbocycles. The Labute approximate surface area is 145 Å². The molecule has 0 spiro atoms. The Morgan fingerprint density at radius 2 is 2.00 bits per heavy atom. The number of halogens is 2. The van der Waals surface area contributed by atoms with Crippen molar-refractivity contribution >= 4 is 29.1 Å². The zero-order chi connectivity index (χ0) is 16.8. The van der Waals surface area contributed by atoms with Crippen LogP contribution in [0.15, 0.2) is 36.4 Å². The molecule has 0 fully saturated rings. The fourth-order valence-corrected chi connectivity index (χ4v) is 2.54. The maximum Gasteiger partial charge on any atom is 0.251 e. The van der Waals surface area contributed by atoms with Gasteiger partial charge >= 0.3 is 0 Å². The van der Waals surface area contributed by atoms with Crippen LogP contribution in [0.25, 0.3) is 0 Å². The average molecular weight is 354 g/mol. The van der Waals surface area contributed by atoms with Crippen molar-refractivity contribution in [2.75, 3.05) is 13.7 Å². The van der Waals surface area contributed by atoms with Crippen LogP contribution in [-0.2, 0) is 6.54 Å². The van der Waals surface area contributed by atoms with E-state index in [0.29, 0.717) is 40.3 Å². The summed E-state index contributed by atoms with van der Waals surface area (Å²) in [4.78, 5) is 12.3. The van der Waals surface area contributed by atoms with E-state index in [1.807, 2.05) is 19.1 Å². The lowest BCUT2D eigenvalue weighted by Crippen LogP contribution is -2.22. The van der Waals surface area contributed by atoms with Gasteiger partial charge in [-0.2, -0.15) is 0 Å². The first-order chi connectivity index (χ1) is 11.0. The molecule has 122 valence electrons. The predicted molar refractivity (Wildman–Crippen MR) is 91.8 cm³/mol. The van der Waals surface area contributed by atoms with E-state index in [1.165, 1.54) is 7.11 Å². The quantitative estimate of drug-likeness (QED) is 0.840. The van der Waals surface area contributed by atoms with Gasteiger partial charge in [-0.3, -0.25) is 4.79 Å². The van der Waals surface area contributed by atoms with Crippen molar-refractivity contribution in [3.05, 3.63) is 57.6 Å². The van der Waals surface area contributed by atoms with Crippen molar-refractivity contribution in [2.45, 2.75) is 13.5 Å². The SMILES string of the molecule is CCOc1c(Cl)cc(C(=O)NCc2cccc(Cl)c2)cc1OC. The van der Waals surface area contributed by atoms with Crippen molar-refractivity contribution in [1.82, 2.24) is 5.32 Å². The molecular formula is C17H17Cl2NO3. The second-order valence-electron chi connectivity index (χ2n) is 4.74. The predicted octanol–water partition coefficient (Wildman–Crippen LogP) is 4.33. The molecule has 0 aliphatic heterocycles. The summed E-state index contributed by atoms with van der Waals surface area (Å²) in [6.45, 7) is 2.67. The minimum absolute atomic E-state index is 0.256. The normalized spacial score (nSPS) is 10.3. The lowest BCUT2D eigenvalue weighted by Gasteiger charge is -2.13. The van der Waals surface area contributed by atoms with Gasteiger partial charge in [0.15, 0.2) is 11.5 Å². The smallest absolute Gasteiger partial charge is 0.251 e. The molecule has 0 unspecified atom stereocenters. The molecule has 1 amide bonds. The Morgan fingerprint density at radius 1 is 1.22 bits per heavy atom. The summed E-state index contributed by atoms with van der Waals surface area (Å²) in [6, 6.07) is 10.5. The largest absolute Gasteiger partial charge is 0.493 e. The number of ether oxygens (including phenoxy) is 2. The van der Waals surface area contributed by atoms with Crippen molar-refractivity contribution in [2.24, 2.45) is 0 Å². The average Bonchev–Trinajstić information content (AvgIpc) is 2.54. The number of rotatable bonds is 6. The van der Waals surface area contributed by atoms with Gasteiger partial charge in [-0.05, 0) is 36.8 Å². The molecule has 4 nitrogen and oxygen atoms in total. The van der Waals surface area contributed by atoms with Gasteiger partial charge in [-0.15, -0.1) is 0 Å². The number of nitrogens with one attached hydrogen (secondary N) is 1. The van der Waals surface area contributed by atoms with Crippen LogP contribution >= 0.6 is 23.2 Å². The van der Waals surface area contributed by atoms with Gasteiger partial charge in [-0.1, -0.05) is 35.3 Å². The Kier molecular flexibility index (Phi) is 6.13. The minimum atomic E-state index is -0.256. The van der Waals surface area contributed by atoms with Crippen LogP contribution in [0.1, 0.15) is 22.8 Å². The molecule has 2 aromatic rings. The lowest BCUT2D eigenvalue weighted by molar-refractivity contribution is 0.0950. The molecule has 23 heavy (non-hydrogen) atoms. The molecule has 6 heteroatoms. The van der Waals surface area contributed by atoms with Gasteiger partial charge in [0.2, 0.25) is 0 Å². The second-order valence-corrected chi connectivity index (χ2v) is 5.58. The first kappa shape index (κ1) is 17.4. The minimum Gasteiger partial charge on any atom is -0.493 e. The summed E-state index contributed by atoms with van der Waals surface area (Å²) in [5.74, 6) is 0.600. The highest BCUT2D eigenvalue weighted by atomic mass is 35.5. The molecule has 0 aromatic heterocycles. The molecule has 0 radical (unpaired) electrons. The standard InChI is InChI=1S/C17H17Cl2NO3/c1-3-23-16-14(19)8-12(9-15(16)22-2)17(21)20-10-11-5-4-6-13(18)7-11/h4-9H,3,10H2,1-2H3,(H,20,21). The molecule has 0 atom stereocenters. The van der Waals surface area contributed by atoms with E-state index >= 15 is 0 Å². The van der Waals surface area contributed by atoms with Gasteiger partial charge in [0.25, 0.3) is 5.91 Å². The van der Waals surface area contributed by atoms with Crippen LogP contribution in [0.2, 0.25) is 10.0 Å². The molecule has 0 bridgehead atoms. The number of carbonyl (C=O) groups excluding carboxylic acids is 1. The highest BCUT2D eigenvalue weighted by Gasteiger charge is 2.15. The molecule has 0 saturated heterocycles. The summed E-state index contributed by atoms with van der Waals surface area (Å²) in [5, 5.41) is 3.78. The molecule has 2 aromatic carbocycles. The monoisotopic (exact) mass is 353 g/mol. The summed E-state index contributed by atoms with van der Waals surface area (Å²) in [7, 11) is 1.50. The Balaban J connectivity index is 2.14. The molecule has 2 rings (SSSR count). The third kappa shape index (κ3) is 4.53. The van der Waals surface area contributed by atoms with Crippen molar-refractivity contribution in [3.63, 3.8) is 0 Å². The molecule has 0 aliphatic rings. The van der Waals surface area contributed by atoms with Crippen LogP contribution in [-0.4, -0.2) is 19.6 Å². The topological polar surface area (TPSA) is 47.6 Å². The molecule has 1 N–H and O–H groups in total.